The molecule has 0 radical (unpaired) electrons. The molecule has 1 N–H and O–H groups in total. The molecule has 0 aliphatic carbocycles. The summed E-state index contributed by atoms with van der Waals surface area (Å²) in [7, 11) is -3.85. The van der Waals surface area contributed by atoms with Gasteiger partial charge in [-0.25, -0.2) is 13.6 Å². The third kappa shape index (κ3) is 4.49. The second-order valence-corrected chi connectivity index (χ2v) is 6.09. The topological polar surface area (TPSA) is 67.8 Å². The Hall–Kier alpha value is -2.48. The zero-order valence-corrected chi connectivity index (χ0v) is 13.0. The number of halogens is 2. The molecule has 0 aliphatic heterocycles. The first-order valence-electron chi connectivity index (χ1n) is 6.65. The number of hydrogen-bond acceptors (Lipinski definition) is 4. The van der Waals surface area contributed by atoms with E-state index in [2.05, 4.69) is 5.10 Å². The molecule has 2 rings (SSSR count). The van der Waals surface area contributed by atoms with Crippen molar-refractivity contribution < 1.29 is 21.9 Å². The number of sulfonamides is 1. The van der Waals surface area contributed by atoms with Crippen LogP contribution in [0, 0.1) is 11.6 Å². The van der Waals surface area contributed by atoms with Gasteiger partial charge < -0.3 is 4.74 Å². The number of nitrogens with zero attached hydrogens (tertiary/aromatic N) is 1. The average molecular weight is 340 g/mol. The van der Waals surface area contributed by atoms with Crippen LogP contribution in [0.15, 0.2) is 52.5 Å². The summed E-state index contributed by atoms with van der Waals surface area (Å²) in [6.07, 6.45) is 1.08. The largest absolute Gasteiger partial charge is 0.494 e. The summed E-state index contributed by atoms with van der Waals surface area (Å²) in [4.78, 5) is 2.00. The SMILES string of the molecule is CCOc1ccc(S(=O)(=O)N/N=C/c2ccc(F)c(F)c2)cc1. The molecule has 0 heterocycles. The molecule has 23 heavy (non-hydrogen) atoms. The summed E-state index contributed by atoms with van der Waals surface area (Å²) < 4.78 is 55.0. The van der Waals surface area contributed by atoms with Gasteiger partial charge in [-0.1, -0.05) is 6.07 Å². The summed E-state index contributed by atoms with van der Waals surface area (Å²) in [5, 5.41) is 3.54. The van der Waals surface area contributed by atoms with Gasteiger partial charge in [0.1, 0.15) is 5.75 Å². The zero-order chi connectivity index (χ0) is 16.9. The van der Waals surface area contributed by atoms with Crippen LogP contribution in [0.5, 0.6) is 5.75 Å². The monoisotopic (exact) mass is 340 g/mol. The molecule has 0 spiro atoms. The van der Waals surface area contributed by atoms with Gasteiger partial charge in [-0.3, -0.25) is 0 Å². The highest BCUT2D eigenvalue weighted by molar-refractivity contribution is 7.89. The molecule has 5 nitrogen and oxygen atoms in total. The molecule has 0 aliphatic rings. The smallest absolute Gasteiger partial charge is 0.276 e. The van der Waals surface area contributed by atoms with E-state index in [0.717, 1.165) is 18.3 Å². The van der Waals surface area contributed by atoms with Gasteiger partial charge in [-0.15, -0.1) is 0 Å². The minimum absolute atomic E-state index is 0.00314. The highest BCUT2D eigenvalue weighted by Crippen LogP contribution is 2.15. The second kappa shape index (κ2) is 7.19. The predicted octanol–water partition coefficient (Wildman–Crippen LogP) is 2.68. The number of hydrazone groups is 1. The molecule has 0 fully saturated rings. The lowest BCUT2D eigenvalue weighted by molar-refractivity contribution is 0.340. The molecular formula is C15H14F2N2O3S. The molecule has 0 unspecified atom stereocenters. The molecule has 0 aromatic heterocycles. The lowest BCUT2D eigenvalue weighted by Gasteiger charge is -2.05. The van der Waals surface area contributed by atoms with Crippen LogP contribution in [0.3, 0.4) is 0 Å². The van der Waals surface area contributed by atoms with Gasteiger partial charge in [-0.2, -0.15) is 13.5 Å². The zero-order valence-electron chi connectivity index (χ0n) is 12.2. The Labute approximate surface area is 132 Å². The lowest BCUT2D eigenvalue weighted by atomic mass is 10.2. The maximum atomic E-state index is 13.0. The van der Waals surface area contributed by atoms with Crippen molar-refractivity contribution in [2.24, 2.45) is 5.10 Å². The van der Waals surface area contributed by atoms with E-state index in [1.54, 1.807) is 0 Å². The fraction of sp³-hybridized carbons (Fsp3) is 0.133. The molecule has 0 saturated carbocycles. The molecule has 2 aromatic rings. The maximum Gasteiger partial charge on any atom is 0.276 e. The summed E-state index contributed by atoms with van der Waals surface area (Å²) >= 11 is 0. The third-order valence-corrected chi connectivity index (χ3v) is 4.01. The van der Waals surface area contributed by atoms with E-state index in [-0.39, 0.29) is 10.5 Å². The Morgan fingerprint density at radius 2 is 1.83 bits per heavy atom. The van der Waals surface area contributed by atoms with E-state index in [1.165, 1.54) is 30.3 Å². The Balaban J connectivity index is 2.08. The van der Waals surface area contributed by atoms with Crippen LogP contribution in [-0.2, 0) is 10.0 Å². The molecule has 122 valence electrons. The standard InChI is InChI=1S/C15H14F2N2O3S/c1-2-22-12-4-6-13(7-5-12)23(20,21)19-18-10-11-3-8-14(16)15(17)9-11/h3-10,19H,2H2,1H3/b18-10+. The van der Waals surface area contributed by atoms with Gasteiger partial charge in [0.25, 0.3) is 10.0 Å². The molecule has 0 atom stereocenters. The quantitative estimate of drug-likeness (QED) is 0.649. The Morgan fingerprint density at radius 1 is 1.13 bits per heavy atom. The van der Waals surface area contributed by atoms with Crippen LogP contribution in [0.25, 0.3) is 0 Å². The summed E-state index contributed by atoms with van der Waals surface area (Å²) in [6.45, 7) is 2.29. The van der Waals surface area contributed by atoms with Crippen molar-refractivity contribution in [3.8, 4) is 5.75 Å². The van der Waals surface area contributed by atoms with Crippen LogP contribution >= 0.6 is 0 Å². The van der Waals surface area contributed by atoms with Crippen LogP contribution < -0.4 is 9.57 Å². The maximum absolute atomic E-state index is 13.0. The van der Waals surface area contributed by atoms with E-state index in [0.29, 0.717) is 12.4 Å². The fourth-order valence-electron chi connectivity index (χ4n) is 1.70. The van der Waals surface area contributed by atoms with Gasteiger partial charge in [0.05, 0.1) is 17.7 Å². The van der Waals surface area contributed by atoms with Gasteiger partial charge in [0.2, 0.25) is 0 Å². The first-order valence-corrected chi connectivity index (χ1v) is 8.13. The van der Waals surface area contributed by atoms with Crippen LogP contribution in [0.1, 0.15) is 12.5 Å². The lowest BCUT2D eigenvalue weighted by Crippen LogP contribution is -2.18. The number of benzene rings is 2. The number of nitrogens with one attached hydrogen (secondary N) is 1. The number of ether oxygens (including phenoxy) is 1. The van der Waals surface area contributed by atoms with Crippen molar-refractivity contribution in [2.75, 3.05) is 6.61 Å². The average Bonchev–Trinajstić information content (AvgIpc) is 2.51. The molecule has 0 amide bonds. The van der Waals surface area contributed by atoms with E-state index in [9.17, 15) is 17.2 Å². The van der Waals surface area contributed by atoms with Crippen molar-refractivity contribution in [1.29, 1.82) is 0 Å². The van der Waals surface area contributed by atoms with Crippen molar-refractivity contribution in [3.63, 3.8) is 0 Å². The summed E-state index contributed by atoms with van der Waals surface area (Å²) in [6, 6.07) is 8.91. The van der Waals surface area contributed by atoms with Crippen molar-refractivity contribution in [3.05, 3.63) is 59.7 Å². The Morgan fingerprint density at radius 3 is 2.43 bits per heavy atom. The second-order valence-electron chi connectivity index (χ2n) is 4.43. The van der Waals surface area contributed by atoms with Crippen molar-refractivity contribution >= 4 is 16.2 Å². The molecule has 0 bridgehead atoms. The van der Waals surface area contributed by atoms with Crippen LogP contribution in [0.4, 0.5) is 8.78 Å². The molecule has 8 heteroatoms. The highest BCUT2D eigenvalue weighted by atomic mass is 32.2. The van der Waals surface area contributed by atoms with Gasteiger partial charge in [0, 0.05) is 0 Å². The predicted molar refractivity (Wildman–Crippen MR) is 81.9 cm³/mol. The van der Waals surface area contributed by atoms with Crippen molar-refractivity contribution in [2.45, 2.75) is 11.8 Å². The first kappa shape index (κ1) is 16.9. The highest BCUT2D eigenvalue weighted by Gasteiger charge is 2.12. The minimum atomic E-state index is -3.85. The number of rotatable bonds is 6. The Bertz CT molecular complexity index is 806. The van der Waals surface area contributed by atoms with E-state index in [4.69, 9.17) is 4.74 Å². The van der Waals surface area contributed by atoms with Gasteiger partial charge in [-0.05, 0) is 48.9 Å². The van der Waals surface area contributed by atoms with Crippen LogP contribution in [-0.4, -0.2) is 21.2 Å². The number of hydrogen-bond donors (Lipinski definition) is 1. The van der Waals surface area contributed by atoms with E-state index < -0.39 is 21.7 Å². The Kier molecular flexibility index (Phi) is 5.28. The third-order valence-electron chi connectivity index (χ3n) is 2.78. The van der Waals surface area contributed by atoms with Crippen LogP contribution in [0.2, 0.25) is 0 Å². The summed E-state index contributed by atoms with van der Waals surface area (Å²) in [5.74, 6) is -1.47. The molecule has 0 saturated heterocycles. The van der Waals surface area contributed by atoms with E-state index >= 15 is 0 Å². The summed E-state index contributed by atoms with van der Waals surface area (Å²) in [5.41, 5.74) is 0.221. The van der Waals surface area contributed by atoms with Crippen molar-refractivity contribution in [1.82, 2.24) is 4.83 Å². The fourth-order valence-corrected chi connectivity index (χ4v) is 2.49. The van der Waals surface area contributed by atoms with Gasteiger partial charge >= 0.3 is 0 Å². The normalized spacial score (nSPS) is 11.6. The minimum Gasteiger partial charge on any atom is -0.494 e. The molecule has 2 aromatic carbocycles. The van der Waals surface area contributed by atoms with Gasteiger partial charge in [0.15, 0.2) is 11.6 Å². The first-order chi connectivity index (χ1) is 10.9. The molecular weight excluding hydrogens is 326 g/mol. The van der Waals surface area contributed by atoms with E-state index in [1.807, 2.05) is 11.8 Å².